The first-order valence-electron chi connectivity index (χ1n) is 7.61. The average molecular weight is 300 g/mol. The smallest absolute Gasteiger partial charge is 0.220 e. The molecule has 3 rings (SSSR count). The molecule has 22 heavy (non-hydrogen) atoms. The monoisotopic (exact) mass is 300 g/mol. The molecule has 1 N–H and O–H groups in total. The van der Waals surface area contributed by atoms with E-state index < -0.39 is 0 Å². The van der Waals surface area contributed by atoms with Crippen LogP contribution in [0.15, 0.2) is 36.9 Å². The van der Waals surface area contributed by atoms with Crippen LogP contribution in [0.25, 0.3) is 0 Å². The third kappa shape index (κ3) is 3.71. The molecule has 6 heteroatoms. The molecule has 0 spiro atoms. The standard InChI is InChI=1S/C16H20N4O2/c21-16(6-3-8-20-12-17-11-19-20)18-10-15-14-5-2-1-4-13(14)7-9-22-15/h1-2,4-5,11-12,15H,3,6-10H2,(H,18,21). The first-order chi connectivity index (χ1) is 10.8. The third-order valence-corrected chi connectivity index (χ3v) is 3.83. The van der Waals surface area contributed by atoms with Crippen LogP contribution in [0.2, 0.25) is 0 Å². The molecule has 1 unspecified atom stereocenters. The fraction of sp³-hybridized carbons (Fsp3) is 0.438. The topological polar surface area (TPSA) is 69.0 Å². The largest absolute Gasteiger partial charge is 0.371 e. The Morgan fingerprint density at radius 2 is 2.32 bits per heavy atom. The van der Waals surface area contributed by atoms with Crippen molar-refractivity contribution in [3.05, 3.63) is 48.0 Å². The molecule has 0 aliphatic carbocycles. The van der Waals surface area contributed by atoms with E-state index >= 15 is 0 Å². The molecule has 1 aliphatic rings. The Labute approximate surface area is 129 Å². The summed E-state index contributed by atoms with van der Waals surface area (Å²) in [5, 5.41) is 6.98. The zero-order valence-electron chi connectivity index (χ0n) is 12.4. The predicted molar refractivity (Wildman–Crippen MR) is 81.1 cm³/mol. The van der Waals surface area contributed by atoms with Crippen LogP contribution in [0, 0.1) is 0 Å². The minimum Gasteiger partial charge on any atom is -0.371 e. The first kappa shape index (κ1) is 14.7. The van der Waals surface area contributed by atoms with Gasteiger partial charge in [0.05, 0.1) is 6.61 Å². The van der Waals surface area contributed by atoms with Gasteiger partial charge in [-0.15, -0.1) is 0 Å². The van der Waals surface area contributed by atoms with E-state index in [2.05, 4.69) is 27.5 Å². The lowest BCUT2D eigenvalue weighted by molar-refractivity contribution is -0.122. The van der Waals surface area contributed by atoms with Gasteiger partial charge in [-0.3, -0.25) is 9.48 Å². The lowest BCUT2D eigenvalue weighted by Crippen LogP contribution is -2.31. The number of rotatable bonds is 6. The molecule has 1 amide bonds. The maximum Gasteiger partial charge on any atom is 0.220 e. The number of nitrogens with zero attached hydrogens (tertiary/aromatic N) is 3. The van der Waals surface area contributed by atoms with Crippen LogP contribution >= 0.6 is 0 Å². The molecule has 0 fully saturated rings. The molecule has 0 saturated heterocycles. The van der Waals surface area contributed by atoms with Crippen molar-refractivity contribution < 1.29 is 9.53 Å². The Bertz CT molecular complexity index is 612. The molecule has 116 valence electrons. The summed E-state index contributed by atoms with van der Waals surface area (Å²) < 4.78 is 7.51. The lowest BCUT2D eigenvalue weighted by atomic mass is 9.97. The van der Waals surface area contributed by atoms with Gasteiger partial charge in [0, 0.05) is 19.5 Å². The van der Waals surface area contributed by atoms with Gasteiger partial charge < -0.3 is 10.1 Å². The number of fused-ring (bicyclic) bond motifs is 1. The number of hydrogen-bond acceptors (Lipinski definition) is 4. The van der Waals surface area contributed by atoms with Crippen molar-refractivity contribution in [3.63, 3.8) is 0 Å². The van der Waals surface area contributed by atoms with Crippen molar-refractivity contribution in [1.29, 1.82) is 0 Å². The molecule has 2 heterocycles. The number of benzene rings is 1. The summed E-state index contributed by atoms with van der Waals surface area (Å²) in [5.41, 5.74) is 2.51. The maximum atomic E-state index is 11.9. The number of carbonyl (C=O) groups is 1. The summed E-state index contributed by atoms with van der Waals surface area (Å²) in [7, 11) is 0. The number of aromatic nitrogens is 3. The minimum absolute atomic E-state index is 0.0378. The number of ether oxygens (including phenoxy) is 1. The SMILES string of the molecule is O=C(CCCn1cncn1)NCC1OCCc2ccccc21. The van der Waals surface area contributed by atoms with Crippen LogP contribution < -0.4 is 5.32 Å². The quantitative estimate of drug-likeness (QED) is 0.877. The van der Waals surface area contributed by atoms with Gasteiger partial charge >= 0.3 is 0 Å². The van der Waals surface area contributed by atoms with Gasteiger partial charge in [0.15, 0.2) is 0 Å². The van der Waals surface area contributed by atoms with E-state index in [0.717, 1.165) is 12.8 Å². The van der Waals surface area contributed by atoms with Gasteiger partial charge in [0.25, 0.3) is 0 Å². The van der Waals surface area contributed by atoms with E-state index in [0.29, 0.717) is 26.1 Å². The zero-order valence-corrected chi connectivity index (χ0v) is 12.4. The summed E-state index contributed by atoms with van der Waals surface area (Å²) in [4.78, 5) is 15.8. The van der Waals surface area contributed by atoms with E-state index in [1.54, 1.807) is 11.0 Å². The van der Waals surface area contributed by atoms with Crippen LogP contribution in [0.1, 0.15) is 30.1 Å². The summed E-state index contributed by atoms with van der Waals surface area (Å²) in [6, 6.07) is 8.27. The van der Waals surface area contributed by atoms with E-state index in [9.17, 15) is 4.79 Å². The molecule has 2 aromatic rings. The van der Waals surface area contributed by atoms with E-state index in [-0.39, 0.29) is 12.0 Å². The Hall–Kier alpha value is -2.21. The third-order valence-electron chi connectivity index (χ3n) is 3.83. The van der Waals surface area contributed by atoms with Gasteiger partial charge in [0.1, 0.15) is 18.8 Å². The summed E-state index contributed by atoms with van der Waals surface area (Å²) in [6.45, 7) is 1.94. The van der Waals surface area contributed by atoms with E-state index in [4.69, 9.17) is 4.74 Å². The molecular formula is C16H20N4O2. The van der Waals surface area contributed by atoms with Crippen molar-refractivity contribution in [3.8, 4) is 0 Å². The minimum atomic E-state index is -0.0378. The number of amides is 1. The Morgan fingerprint density at radius 3 is 3.18 bits per heavy atom. The molecule has 0 radical (unpaired) electrons. The highest BCUT2D eigenvalue weighted by Crippen LogP contribution is 2.26. The van der Waals surface area contributed by atoms with Gasteiger partial charge in [-0.25, -0.2) is 4.98 Å². The number of nitrogens with one attached hydrogen (secondary N) is 1. The fourth-order valence-corrected chi connectivity index (χ4v) is 2.69. The van der Waals surface area contributed by atoms with Gasteiger partial charge in [-0.05, 0) is 24.0 Å². The molecule has 0 saturated carbocycles. The van der Waals surface area contributed by atoms with Crippen molar-refractivity contribution in [2.45, 2.75) is 31.9 Å². The Balaban J connectivity index is 1.43. The van der Waals surface area contributed by atoms with E-state index in [1.807, 2.05) is 12.1 Å². The summed E-state index contributed by atoms with van der Waals surface area (Å²) >= 11 is 0. The van der Waals surface area contributed by atoms with Crippen molar-refractivity contribution in [1.82, 2.24) is 20.1 Å². The Morgan fingerprint density at radius 1 is 1.41 bits per heavy atom. The predicted octanol–water partition coefficient (Wildman–Crippen LogP) is 1.49. The van der Waals surface area contributed by atoms with Crippen molar-refractivity contribution in [2.75, 3.05) is 13.2 Å². The first-order valence-corrected chi connectivity index (χ1v) is 7.61. The molecule has 1 aromatic heterocycles. The molecule has 1 aliphatic heterocycles. The van der Waals surface area contributed by atoms with Crippen LogP contribution in [0.3, 0.4) is 0 Å². The number of aryl methyl sites for hydroxylation is 1. The Kier molecular flexibility index (Phi) is 4.80. The van der Waals surface area contributed by atoms with Crippen LogP contribution in [0.4, 0.5) is 0 Å². The second-order valence-corrected chi connectivity index (χ2v) is 5.37. The lowest BCUT2D eigenvalue weighted by Gasteiger charge is -2.26. The molecular weight excluding hydrogens is 280 g/mol. The average Bonchev–Trinajstić information content (AvgIpc) is 3.06. The molecule has 0 bridgehead atoms. The molecule has 1 atom stereocenters. The number of hydrogen-bond donors (Lipinski definition) is 1. The summed E-state index contributed by atoms with van der Waals surface area (Å²) in [5.74, 6) is 0.0479. The van der Waals surface area contributed by atoms with Crippen molar-refractivity contribution in [2.24, 2.45) is 0 Å². The molecule has 1 aromatic carbocycles. The van der Waals surface area contributed by atoms with Gasteiger partial charge in [-0.2, -0.15) is 5.10 Å². The van der Waals surface area contributed by atoms with Crippen molar-refractivity contribution >= 4 is 5.91 Å². The second kappa shape index (κ2) is 7.17. The highest BCUT2D eigenvalue weighted by atomic mass is 16.5. The zero-order chi connectivity index (χ0) is 15.2. The van der Waals surface area contributed by atoms with Crippen LogP contribution in [-0.2, 0) is 22.5 Å². The van der Waals surface area contributed by atoms with E-state index in [1.165, 1.54) is 17.5 Å². The van der Waals surface area contributed by atoms with Gasteiger partial charge in [-0.1, -0.05) is 24.3 Å². The second-order valence-electron chi connectivity index (χ2n) is 5.37. The maximum absolute atomic E-state index is 11.9. The normalized spacial score (nSPS) is 17.0. The fourth-order valence-electron chi connectivity index (χ4n) is 2.69. The van der Waals surface area contributed by atoms with Gasteiger partial charge in [0.2, 0.25) is 5.91 Å². The highest BCUT2D eigenvalue weighted by Gasteiger charge is 2.20. The number of carbonyl (C=O) groups excluding carboxylic acids is 1. The summed E-state index contributed by atoms with van der Waals surface area (Å²) in [6.07, 6.45) is 5.29. The molecule has 6 nitrogen and oxygen atoms in total. The van der Waals surface area contributed by atoms with Crippen LogP contribution in [0.5, 0.6) is 0 Å². The highest BCUT2D eigenvalue weighted by molar-refractivity contribution is 5.75. The van der Waals surface area contributed by atoms with Crippen LogP contribution in [-0.4, -0.2) is 33.8 Å².